The van der Waals surface area contributed by atoms with Crippen molar-refractivity contribution in [2.24, 2.45) is 0 Å². The quantitative estimate of drug-likeness (QED) is 0.872. The van der Waals surface area contributed by atoms with Crippen molar-refractivity contribution in [1.82, 2.24) is 5.32 Å². The van der Waals surface area contributed by atoms with Crippen molar-refractivity contribution < 1.29 is 4.79 Å². The van der Waals surface area contributed by atoms with Crippen LogP contribution in [0.1, 0.15) is 23.5 Å². The zero-order valence-electron chi connectivity index (χ0n) is 12.8. The summed E-state index contributed by atoms with van der Waals surface area (Å²) in [5, 5.41) is 13.7. The van der Waals surface area contributed by atoms with Gasteiger partial charge in [-0.2, -0.15) is 5.26 Å². The van der Waals surface area contributed by atoms with E-state index >= 15 is 0 Å². The summed E-state index contributed by atoms with van der Waals surface area (Å²) in [6, 6.07) is 19.6. The van der Waals surface area contributed by atoms with E-state index in [0.717, 1.165) is 11.1 Å². The third-order valence-corrected chi connectivity index (χ3v) is 5.16. The standard InChI is InChI=1S/C19H15ClN2OS/c20-15-8-4-7-14(9-15)16-10-18(23)22-19(17(16)11-21)24-12-13-5-2-1-3-6-13/h1-9,16H,10,12H2,(H,22,23). The Balaban J connectivity index is 1.89. The maximum atomic E-state index is 12.1. The van der Waals surface area contributed by atoms with Crippen LogP contribution in [0, 0.1) is 11.3 Å². The molecule has 1 aliphatic rings. The van der Waals surface area contributed by atoms with Crippen LogP contribution in [-0.4, -0.2) is 5.91 Å². The molecule has 5 heteroatoms. The van der Waals surface area contributed by atoms with Gasteiger partial charge in [-0.05, 0) is 23.3 Å². The topological polar surface area (TPSA) is 52.9 Å². The summed E-state index contributed by atoms with van der Waals surface area (Å²) in [5.74, 6) is 0.374. The molecule has 1 atom stereocenters. The molecule has 1 unspecified atom stereocenters. The lowest BCUT2D eigenvalue weighted by Gasteiger charge is -2.25. The van der Waals surface area contributed by atoms with Crippen LogP contribution in [0.4, 0.5) is 0 Å². The van der Waals surface area contributed by atoms with E-state index in [0.29, 0.717) is 21.4 Å². The van der Waals surface area contributed by atoms with Gasteiger partial charge in [0.2, 0.25) is 5.91 Å². The lowest BCUT2D eigenvalue weighted by molar-refractivity contribution is -0.120. The molecule has 1 N–H and O–H groups in total. The van der Waals surface area contributed by atoms with Crippen molar-refractivity contribution in [1.29, 1.82) is 5.26 Å². The molecule has 1 aliphatic heterocycles. The molecule has 24 heavy (non-hydrogen) atoms. The molecule has 2 aromatic carbocycles. The predicted molar refractivity (Wildman–Crippen MR) is 97.3 cm³/mol. The number of rotatable bonds is 4. The van der Waals surface area contributed by atoms with E-state index in [-0.39, 0.29) is 18.2 Å². The second kappa shape index (κ2) is 7.57. The van der Waals surface area contributed by atoms with Crippen LogP contribution < -0.4 is 5.32 Å². The minimum absolute atomic E-state index is 0.0745. The first-order chi connectivity index (χ1) is 11.7. The molecule has 0 spiro atoms. The number of carbonyl (C=O) groups excluding carboxylic acids is 1. The van der Waals surface area contributed by atoms with E-state index in [1.54, 1.807) is 6.07 Å². The molecule has 3 rings (SSSR count). The first kappa shape index (κ1) is 16.6. The Kier molecular flexibility index (Phi) is 5.24. The molecule has 0 fully saturated rings. The Morgan fingerprint density at radius 3 is 2.71 bits per heavy atom. The largest absolute Gasteiger partial charge is 0.320 e. The molecule has 120 valence electrons. The number of hydrogen-bond acceptors (Lipinski definition) is 3. The number of hydrogen-bond donors (Lipinski definition) is 1. The summed E-state index contributed by atoms with van der Waals surface area (Å²) in [7, 11) is 0. The Hall–Kier alpha value is -2.22. The summed E-state index contributed by atoms with van der Waals surface area (Å²) in [4.78, 5) is 12.1. The van der Waals surface area contributed by atoms with Crippen LogP contribution in [0.25, 0.3) is 0 Å². The average molecular weight is 355 g/mol. The van der Waals surface area contributed by atoms with E-state index in [2.05, 4.69) is 11.4 Å². The van der Waals surface area contributed by atoms with Crippen molar-refractivity contribution in [2.75, 3.05) is 0 Å². The number of benzene rings is 2. The highest BCUT2D eigenvalue weighted by atomic mass is 35.5. The van der Waals surface area contributed by atoms with Crippen molar-refractivity contribution in [3.8, 4) is 6.07 Å². The number of nitrogens with one attached hydrogen (secondary N) is 1. The number of nitrogens with zero attached hydrogens (tertiary/aromatic N) is 1. The predicted octanol–water partition coefficient (Wildman–Crippen LogP) is 4.61. The van der Waals surface area contributed by atoms with Crippen LogP contribution >= 0.6 is 23.4 Å². The lowest BCUT2D eigenvalue weighted by Crippen LogP contribution is -2.30. The Morgan fingerprint density at radius 1 is 1.21 bits per heavy atom. The summed E-state index contributed by atoms with van der Waals surface area (Å²) in [5.41, 5.74) is 2.64. The van der Waals surface area contributed by atoms with E-state index in [9.17, 15) is 10.1 Å². The maximum Gasteiger partial charge on any atom is 0.225 e. The molecular weight excluding hydrogens is 340 g/mol. The second-order valence-electron chi connectivity index (χ2n) is 5.49. The molecule has 2 aromatic rings. The molecule has 0 radical (unpaired) electrons. The molecule has 0 aliphatic carbocycles. The van der Waals surface area contributed by atoms with Crippen LogP contribution in [0.5, 0.6) is 0 Å². The van der Waals surface area contributed by atoms with E-state index in [1.165, 1.54) is 11.8 Å². The highest BCUT2D eigenvalue weighted by Gasteiger charge is 2.29. The van der Waals surface area contributed by atoms with Gasteiger partial charge in [0, 0.05) is 23.1 Å². The van der Waals surface area contributed by atoms with Gasteiger partial charge in [0.15, 0.2) is 0 Å². The molecule has 0 bridgehead atoms. The Labute approximate surface area is 150 Å². The van der Waals surface area contributed by atoms with Gasteiger partial charge in [-0.3, -0.25) is 4.79 Å². The van der Waals surface area contributed by atoms with Crippen LogP contribution in [-0.2, 0) is 10.5 Å². The molecule has 0 aromatic heterocycles. The van der Waals surface area contributed by atoms with Gasteiger partial charge in [0.25, 0.3) is 0 Å². The first-order valence-corrected chi connectivity index (χ1v) is 8.90. The fourth-order valence-electron chi connectivity index (χ4n) is 2.67. The molecule has 3 nitrogen and oxygen atoms in total. The van der Waals surface area contributed by atoms with Crippen molar-refractivity contribution >= 4 is 29.3 Å². The molecule has 1 amide bonds. The van der Waals surface area contributed by atoms with Gasteiger partial charge in [0.1, 0.15) is 0 Å². The number of halogens is 1. The summed E-state index contributed by atoms with van der Waals surface area (Å²) in [6.07, 6.45) is 0.263. The Morgan fingerprint density at radius 2 is 2.00 bits per heavy atom. The van der Waals surface area contributed by atoms with Crippen LogP contribution in [0.15, 0.2) is 65.2 Å². The normalized spacial score (nSPS) is 17.3. The number of thioether (sulfide) groups is 1. The third kappa shape index (κ3) is 3.81. The first-order valence-electron chi connectivity index (χ1n) is 7.53. The van der Waals surface area contributed by atoms with E-state index in [1.807, 2.05) is 48.5 Å². The molecule has 0 saturated carbocycles. The van der Waals surface area contributed by atoms with Gasteiger partial charge >= 0.3 is 0 Å². The molecule has 0 saturated heterocycles. The summed E-state index contributed by atoms with van der Waals surface area (Å²) < 4.78 is 0. The Bertz CT molecular complexity index is 827. The van der Waals surface area contributed by atoms with E-state index in [4.69, 9.17) is 11.6 Å². The van der Waals surface area contributed by atoms with Gasteiger partial charge in [0.05, 0.1) is 16.7 Å². The fraction of sp³-hybridized carbons (Fsp3) is 0.158. The number of allylic oxidation sites excluding steroid dienone is 1. The highest BCUT2D eigenvalue weighted by molar-refractivity contribution is 8.02. The maximum absolute atomic E-state index is 12.1. The summed E-state index contributed by atoms with van der Waals surface area (Å²) >= 11 is 7.55. The minimum atomic E-state index is -0.249. The van der Waals surface area contributed by atoms with Gasteiger partial charge in [-0.15, -0.1) is 11.8 Å². The third-order valence-electron chi connectivity index (χ3n) is 3.83. The number of carbonyl (C=O) groups is 1. The highest BCUT2D eigenvalue weighted by Crippen LogP contribution is 2.37. The van der Waals surface area contributed by atoms with Crippen molar-refractivity contribution in [3.63, 3.8) is 0 Å². The zero-order valence-corrected chi connectivity index (χ0v) is 14.4. The minimum Gasteiger partial charge on any atom is -0.320 e. The van der Waals surface area contributed by atoms with Crippen molar-refractivity contribution in [2.45, 2.75) is 18.1 Å². The second-order valence-corrected chi connectivity index (χ2v) is 6.91. The van der Waals surface area contributed by atoms with Crippen molar-refractivity contribution in [3.05, 3.63) is 81.3 Å². The SMILES string of the molecule is N#CC1=C(SCc2ccccc2)NC(=O)CC1c1cccc(Cl)c1. The summed E-state index contributed by atoms with van der Waals surface area (Å²) in [6.45, 7) is 0. The monoisotopic (exact) mass is 354 g/mol. The lowest BCUT2D eigenvalue weighted by atomic mass is 9.87. The number of nitriles is 1. The average Bonchev–Trinajstić information content (AvgIpc) is 2.60. The van der Waals surface area contributed by atoms with Crippen LogP contribution in [0.3, 0.4) is 0 Å². The van der Waals surface area contributed by atoms with Gasteiger partial charge < -0.3 is 5.32 Å². The molecular formula is C19H15ClN2OS. The smallest absolute Gasteiger partial charge is 0.225 e. The fourth-order valence-corrected chi connectivity index (χ4v) is 3.90. The van der Waals surface area contributed by atoms with Gasteiger partial charge in [-0.1, -0.05) is 54.1 Å². The van der Waals surface area contributed by atoms with Gasteiger partial charge in [-0.25, -0.2) is 0 Å². The number of amides is 1. The zero-order chi connectivity index (χ0) is 16.9. The van der Waals surface area contributed by atoms with Crippen LogP contribution in [0.2, 0.25) is 5.02 Å². The molecule has 1 heterocycles. The van der Waals surface area contributed by atoms with E-state index < -0.39 is 0 Å².